The fourth-order valence-electron chi connectivity index (χ4n) is 4.07. The van der Waals surface area contributed by atoms with Gasteiger partial charge in [-0.05, 0) is 80.9 Å². The maximum atomic E-state index is 13.3. The van der Waals surface area contributed by atoms with Crippen molar-refractivity contribution in [3.8, 4) is 5.75 Å². The van der Waals surface area contributed by atoms with Gasteiger partial charge in [0.25, 0.3) is 11.7 Å². The third-order valence-corrected chi connectivity index (χ3v) is 5.73. The third kappa shape index (κ3) is 5.38. The number of esters is 1. The van der Waals surface area contributed by atoms with Gasteiger partial charge in [-0.2, -0.15) is 0 Å². The first-order valence-electron chi connectivity index (χ1n) is 12.1. The highest BCUT2D eigenvalue weighted by Crippen LogP contribution is 2.41. The highest BCUT2D eigenvalue weighted by molar-refractivity contribution is 6.51. The van der Waals surface area contributed by atoms with Gasteiger partial charge in [0.2, 0.25) is 0 Å². The van der Waals surface area contributed by atoms with Crippen LogP contribution in [0, 0.1) is 0 Å². The minimum atomic E-state index is -0.967. The number of hydrogen-bond donors (Lipinski definition) is 1. The standard InChI is InChI=1S/C29H28N2O6/c1-4-17-36-29(35)20-8-12-21(13-9-20)31-25(23-7-5-6-16-30-23)24(27(33)28(31)34)26(32)19-10-14-22(15-11-19)37-18(2)3/h5-16,18,25,32H,4,17H2,1-3H3/b26-24+. The van der Waals surface area contributed by atoms with Gasteiger partial charge >= 0.3 is 5.97 Å². The molecule has 37 heavy (non-hydrogen) atoms. The van der Waals surface area contributed by atoms with Gasteiger partial charge < -0.3 is 14.6 Å². The molecule has 0 aliphatic carbocycles. The Hall–Kier alpha value is -4.46. The van der Waals surface area contributed by atoms with E-state index in [4.69, 9.17) is 9.47 Å². The first kappa shape index (κ1) is 25.6. The van der Waals surface area contributed by atoms with Crippen LogP contribution in [0.3, 0.4) is 0 Å². The van der Waals surface area contributed by atoms with Crippen molar-refractivity contribution in [2.45, 2.75) is 39.3 Å². The normalized spacial score (nSPS) is 16.8. The summed E-state index contributed by atoms with van der Waals surface area (Å²) in [5.74, 6) is -1.81. The number of pyridine rings is 1. The minimum Gasteiger partial charge on any atom is -0.507 e. The molecule has 190 valence electrons. The molecular weight excluding hydrogens is 472 g/mol. The van der Waals surface area contributed by atoms with Crippen LogP contribution in [0.25, 0.3) is 5.76 Å². The number of rotatable bonds is 8. The van der Waals surface area contributed by atoms with Crippen LogP contribution < -0.4 is 9.64 Å². The molecule has 2 heterocycles. The van der Waals surface area contributed by atoms with Gasteiger partial charge in [0, 0.05) is 17.4 Å². The second kappa shape index (κ2) is 11.1. The molecular formula is C29H28N2O6. The fraction of sp³-hybridized carbons (Fsp3) is 0.241. The number of ether oxygens (including phenoxy) is 2. The van der Waals surface area contributed by atoms with Crippen LogP contribution in [-0.2, 0) is 14.3 Å². The molecule has 0 saturated carbocycles. The molecule has 1 aliphatic heterocycles. The summed E-state index contributed by atoms with van der Waals surface area (Å²) >= 11 is 0. The second-order valence-corrected chi connectivity index (χ2v) is 8.80. The predicted molar refractivity (Wildman–Crippen MR) is 138 cm³/mol. The Morgan fingerprint density at radius 1 is 1.00 bits per heavy atom. The van der Waals surface area contributed by atoms with E-state index in [9.17, 15) is 19.5 Å². The lowest BCUT2D eigenvalue weighted by atomic mass is 9.98. The molecule has 8 nitrogen and oxygen atoms in total. The van der Waals surface area contributed by atoms with E-state index in [1.165, 1.54) is 17.0 Å². The molecule has 1 aromatic heterocycles. The third-order valence-electron chi connectivity index (χ3n) is 5.73. The molecule has 1 atom stereocenters. The predicted octanol–water partition coefficient (Wildman–Crippen LogP) is 5.06. The summed E-state index contributed by atoms with van der Waals surface area (Å²) in [5, 5.41) is 11.2. The second-order valence-electron chi connectivity index (χ2n) is 8.80. The van der Waals surface area contributed by atoms with Crippen molar-refractivity contribution in [2.24, 2.45) is 0 Å². The van der Waals surface area contributed by atoms with Crippen LogP contribution in [0.15, 0.2) is 78.5 Å². The van der Waals surface area contributed by atoms with E-state index >= 15 is 0 Å². The summed E-state index contributed by atoms with van der Waals surface area (Å²) in [4.78, 5) is 44.4. The number of aromatic nitrogens is 1. The van der Waals surface area contributed by atoms with Gasteiger partial charge in [0.15, 0.2) is 0 Å². The van der Waals surface area contributed by atoms with Gasteiger partial charge in [0.05, 0.1) is 29.5 Å². The Bertz CT molecular complexity index is 1310. The molecule has 1 saturated heterocycles. The average molecular weight is 501 g/mol. The molecule has 8 heteroatoms. The van der Waals surface area contributed by atoms with Gasteiger partial charge in [-0.3, -0.25) is 19.5 Å². The zero-order chi connectivity index (χ0) is 26.5. The molecule has 0 bridgehead atoms. The van der Waals surface area contributed by atoms with E-state index in [0.29, 0.717) is 41.3 Å². The number of anilines is 1. The van der Waals surface area contributed by atoms with E-state index in [1.807, 2.05) is 20.8 Å². The zero-order valence-electron chi connectivity index (χ0n) is 20.9. The number of hydrogen-bond acceptors (Lipinski definition) is 7. The Morgan fingerprint density at radius 3 is 2.27 bits per heavy atom. The maximum absolute atomic E-state index is 13.3. The van der Waals surface area contributed by atoms with Crippen LogP contribution in [0.4, 0.5) is 5.69 Å². The van der Waals surface area contributed by atoms with Crippen molar-refractivity contribution in [1.29, 1.82) is 0 Å². The molecule has 1 aliphatic rings. The smallest absolute Gasteiger partial charge is 0.338 e. The van der Waals surface area contributed by atoms with Gasteiger partial charge in [-0.15, -0.1) is 0 Å². The average Bonchev–Trinajstić information content (AvgIpc) is 3.17. The Labute approximate surface area is 215 Å². The lowest BCUT2D eigenvalue weighted by molar-refractivity contribution is -0.132. The van der Waals surface area contributed by atoms with Crippen LogP contribution in [0.5, 0.6) is 5.75 Å². The molecule has 1 N–H and O–H groups in total. The molecule has 4 rings (SSSR count). The minimum absolute atomic E-state index is 0.0196. The number of benzene rings is 2. The van der Waals surface area contributed by atoms with E-state index in [2.05, 4.69) is 4.98 Å². The van der Waals surface area contributed by atoms with Crippen LogP contribution in [-0.4, -0.2) is 40.5 Å². The number of aliphatic hydroxyl groups is 1. The van der Waals surface area contributed by atoms with E-state index in [-0.39, 0.29) is 17.4 Å². The number of carbonyl (C=O) groups is 3. The first-order chi connectivity index (χ1) is 17.8. The number of Topliss-reactive ketones (excluding diaryl/α,β-unsaturated/α-hetero) is 1. The monoisotopic (exact) mass is 500 g/mol. The summed E-state index contributed by atoms with van der Waals surface area (Å²) in [7, 11) is 0. The molecule has 1 amide bonds. The van der Waals surface area contributed by atoms with Gasteiger partial charge in [-0.1, -0.05) is 13.0 Å². The van der Waals surface area contributed by atoms with Gasteiger partial charge in [0.1, 0.15) is 17.6 Å². The van der Waals surface area contributed by atoms with Crippen LogP contribution in [0.2, 0.25) is 0 Å². The van der Waals surface area contributed by atoms with Gasteiger partial charge in [-0.25, -0.2) is 4.79 Å². The maximum Gasteiger partial charge on any atom is 0.338 e. The SMILES string of the molecule is CCCOC(=O)c1ccc(N2C(=O)C(=O)/C(=C(/O)c3ccc(OC(C)C)cc3)C2c2ccccn2)cc1. The molecule has 1 fully saturated rings. The fourth-order valence-corrected chi connectivity index (χ4v) is 4.07. The van der Waals surface area contributed by atoms with Crippen molar-refractivity contribution in [2.75, 3.05) is 11.5 Å². The van der Waals surface area contributed by atoms with Crippen molar-refractivity contribution in [3.05, 3.63) is 95.3 Å². The zero-order valence-corrected chi connectivity index (χ0v) is 20.9. The number of aliphatic hydroxyl groups excluding tert-OH is 1. The molecule has 1 unspecified atom stereocenters. The topological polar surface area (TPSA) is 106 Å². The Kier molecular flexibility index (Phi) is 7.67. The van der Waals surface area contributed by atoms with Crippen molar-refractivity contribution in [1.82, 2.24) is 4.98 Å². The number of nitrogens with zero attached hydrogens (tertiary/aromatic N) is 2. The molecule has 3 aromatic rings. The largest absolute Gasteiger partial charge is 0.507 e. The quantitative estimate of drug-likeness (QED) is 0.199. The van der Waals surface area contributed by atoms with E-state index < -0.39 is 23.7 Å². The summed E-state index contributed by atoms with van der Waals surface area (Å²) < 4.78 is 10.8. The Morgan fingerprint density at radius 2 is 1.68 bits per heavy atom. The molecule has 0 radical (unpaired) electrons. The Balaban J connectivity index is 1.76. The summed E-state index contributed by atoms with van der Waals surface area (Å²) in [6.45, 7) is 6.02. The number of carbonyl (C=O) groups excluding carboxylic acids is 3. The highest BCUT2D eigenvalue weighted by atomic mass is 16.5. The highest BCUT2D eigenvalue weighted by Gasteiger charge is 2.47. The van der Waals surface area contributed by atoms with Crippen molar-refractivity contribution in [3.63, 3.8) is 0 Å². The summed E-state index contributed by atoms with van der Waals surface area (Å²) in [6.07, 6.45) is 2.24. The van der Waals surface area contributed by atoms with Crippen molar-refractivity contribution >= 4 is 29.1 Å². The summed E-state index contributed by atoms with van der Waals surface area (Å²) in [5.41, 5.74) is 1.41. The number of ketones is 1. The van der Waals surface area contributed by atoms with Crippen LogP contribution in [0.1, 0.15) is 54.8 Å². The first-order valence-corrected chi connectivity index (χ1v) is 12.1. The molecule has 2 aromatic carbocycles. The van der Waals surface area contributed by atoms with Crippen molar-refractivity contribution < 1.29 is 29.0 Å². The molecule has 0 spiro atoms. The lowest BCUT2D eigenvalue weighted by Gasteiger charge is -2.24. The number of amides is 1. The van der Waals surface area contributed by atoms with Crippen LogP contribution >= 0.6 is 0 Å². The van der Waals surface area contributed by atoms with E-state index in [1.54, 1.807) is 60.8 Å². The lowest BCUT2D eigenvalue weighted by Crippen LogP contribution is -2.29. The summed E-state index contributed by atoms with van der Waals surface area (Å²) in [6, 6.07) is 17.0. The van der Waals surface area contributed by atoms with E-state index in [0.717, 1.165) is 0 Å².